The lowest BCUT2D eigenvalue weighted by atomic mass is 9.77. The molecule has 1 rings (SSSR count). The van der Waals surface area contributed by atoms with Crippen LogP contribution >= 0.6 is 0 Å². The monoisotopic (exact) mass is 185 g/mol. The van der Waals surface area contributed by atoms with Gasteiger partial charge in [0.15, 0.2) is 0 Å². The molecule has 3 nitrogen and oxygen atoms in total. The zero-order valence-electron chi connectivity index (χ0n) is 8.51. The average Bonchev–Trinajstić information content (AvgIpc) is 2.54. The Morgan fingerprint density at radius 3 is 2.46 bits per heavy atom. The summed E-state index contributed by atoms with van der Waals surface area (Å²) in [5, 5.41) is 0. The van der Waals surface area contributed by atoms with Gasteiger partial charge in [-0.2, -0.15) is 0 Å². The average molecular weight is 185 g/mol. The van der Waals surface area contributed by atoms with Crippen molar-refractivity contribution in [2.45, 2.75) is 45.1 Å². The Bertz CT molecular complexity index is 183. The van der Waals surface area contributed by atoms with E-state index >= 15 is 0 Å². The summed E-state index contributed by atoms with van der Waals surface area (Å²) in [5.41, 5.74) is 5.95. The van der Waals surface area contributed by atoms with E-state index in [2.05, 4.69) is 0 Å². The molecule has 1 aliphatic carbocycles. The van der Waals surface area contributed by atoms with Gasteiger partial charge in [0.1, 0.15) is 0 Å². The van der Waals surface area contributed by atoms with E-state index in [0.717, 1.165) is 12.8 Å². The Morgan fingerprint density at radius 2 is 2.08 bits per heavy atom. The summed E-state index contributed by atoms with van der Waals surface area (Å²) in [6.07, 6.45) is 5.01. The first-order valence-corrected chi connectivity index (χ1v) is 4.93. The largest absolute Gasteiger partial charge is 0.469 e. The lowest BCUT2D eigenvalue weighted by Gasteiger charge is -2.31. The van der Waals surface area contributed by atoms with Gasteiger partial charge in [-0.15, -0.1) is 0 Å². The van der Waals surface area contributed by atoms with E-state index in [1.807, 2.05) is 6.92 Å². The molecule has 0 aromatic heterocycles. The van der Waals surface area contributed by atoms with Crippen LogP contribution in [0.5, 0.6) is 0 Å². The highest BCUT2D eigenvalue weighted by Crippen LogP contribution is 2.43. The highest BCUT2D eigenvalue weighted by molar-refractivity contribution is 5.70. The third kappa shape index (κ3) is 2.21. The maximum absolute atomic E-state index is 11.2. The van der Waals surface area contributed by atoms with Crippen LogP contribution in [0.3, 0.4) is 0 Å². The Hall–Kier alpha value is -0.570. The van der Waals surface area contributed by atoms with Crippen LogP contribution in [0.1, 0.15) is 39.0 Å². The van der Waals surface area contributed by atoms with Crippen LogP contribution in [0.2, 0.25) is 0 Å². The van der Waals surface area contributed by atoms with Crippen molar-refractivity contribution < 1.29 is 9.53 Å². The SMILES string of the molecule is COC(=O)CC1(C(C)N)CCCC1. The lowest BCUT2D eigenvalue weighted by molar-refractivity contribution is -0.143. The molecule has 0 bridgehead atoms. The fourth-order valence-corrected chi connectivity index (χ4v) is 2.23. The number of methoxy groups -OCH3 is 1. The van der Waals surface area contributed by atoms with Gasteiger partial charge in [0.25, 0.3) is 0 Å². The normalized spacial score (nSPS) is 22.7. The minimum atomic E-state index is -0.126. The molecule has 0 radical (unpaired) electrons. The van der Waals surface area contributed by atoms with Crippen LogP contribution in [0, 0.1) is 5.41 Å². The van der Waals surface area contributed by atoms with Crippen LogP contribution in [0.15, 0.2) is 0 Å². The molecule has 0 aromatic carbocycles. The van der Waals surface area contributed by atoms with Crippen LogP contribution < -0.4 is 5.73 Å². The fraction of sp³-hybridized carbons (Fsp3) is 0.900. The van der Waals surface area contributed by atoms with E-state index in [1.165, 1.54) is 20.0 Å². The number of carbonyl (C=O) groups is 1. The van der Waals surface area contributed by atoms with E-state index in [4.69, 9.17) is 10.5 Å². The van der Waals surface area contributed by atoms with Gasteiger partial charge >= 0.3 is 5.97 Å². The molecule has 0 saturated heterocycles. The maximum atomic E-state index is 11.2. The van der Waals surface area contributed by atoms with Crippen LogP contribution in [0.25, 0.3) is 0 Å². The quantitative estimate of drug-likeness (QED) is 0.677. The summed E-state index contributed by atoms with van der Waals surface area (Å²) in [6.45, 7) is 1.99. The van der Waals surface area contributed by atoms with Crippen molar-refractivity contribution in [3.05, 3.63) is 0 Å². The second-order valence-corrected chi connectivity index (χ2v) is 4.11. The number of hydrogen-bond donors (Lipinski definition) is 1. The molecule has 1 fully saturated rings. The summed E-state index contributed by atoms with van der Waals surface area (Å²) in [6, 6.07) is 0.0918. The van der Waals surface area contributed by atoms with Gasteiger partial charge in [0.05, 0.1) is 13.5 Å². The first kappa shape index (κ1) is 10.5. The van der Waals surface area contributed by atoms with E-state index in [0.29, 0.717) is 6.42 Å². The van der Waals surface area contributed by atoms with E-state index < -0.39 is 0 Å². The van der Waals surface area contributed by atoms with Crippen molar-refractivity contribution in [1.82, 2.24) is 0 Å². The highest BCUT2D eigenvalue weighted by atomic mass is 16.5. The van der Waals surface area contributed by atoms with Crippen molar-refractivity contribution in [3.63, 3.8) is 0 Å². The number of ether oxygens (including phenoxy) is 1. The van der Waals surface area contributed by atoms with Gasteiger partial charge in [-0.05, 0) is 25.2 Å². The van der Waals surface area contributed by atoms with Gasteiger partial charge < -0.3 is 10.5 Å². The molecule has 1 atom stereocenters. The molecule has 76 valence electrons. The molecule has 1 aliphatic rings. The maximum Gasteiger partial charge on any atom is 0.306 e. The second-order valence-electron chi connectivity index (χ2n) is 4.11. The van der Waals surface area contributed by atoms with Crippen molar-refractivity contribution in [2.24, 2.45) is 11.1 Å². The summed E-state index contributed by atoms with van der Waals surface area (Å²) in [7, 11) is 1.44. The number of rotatable bonds is 3. The molecule has 2 N–H and O–H groups in total. The van der Waals surface area contributed by atoms with Crippen molar-refractivity contribution in [3.8, 4) is 0 Å². The molecule has 13 heavy (non-hydrogen) atoms. The lowest BCUT2D eigenvalue weighted by Crippen LogP contribution is -2.39. The predicted molar refractivity (Wildman–Crippen MR) is 51.2 cm³/mol. The molecule has 0 heterocycles. The molecule has 0 aliphatic heterocycles. The third-order valence-electron chi connectivity index (χ3n) is 3.29. The van der Waals surface area contributed by atoms with Gasteiger partial charge in [0, 0.05) is 6.04 Å². The van der Waals surface area contributed by atoms with E-state index in [9.17, 15) is 4.79 Å². The van der Waals surface area contributed by atoms with Crippen molar-refractivity contribution in [2.75, 3.05) is 7.11 Å². The Labute approximate surface area is 79.6 Å². The van der Waals surface area contributed by atoms with Gasteiger partial charge in [-0.3, -0.25) is 4.79 Å². The standard InChI is InChI=1S/C10H19NO2/c1-8(11)10(5-3-4-6-10)7-9(12)13-2/h8H,3-7,11H2,1-2H3. The molecule has 1 saturated carbocycles. The summed E-state index contributed by atoms with van der Waals surface area (Å²) < 4.78 is 4.69. The van der Waals surface area contributed by atoms with Gasteiger partial charge in [-0.25, -0.2) is 0 Å². The highest BCUT2D eigenvalue weighted by Gasteiger charge is 2.39. The first-order valence-electron chi connectivity index (χ1n) is 4.93. The van der Waals surface area contributed by atoms with Crippen LogP contribution in [-0.2, 0) is 9.53 Å². The minimum absolute atomic E-state index is 0.0209. The number of esters is 1. The van der Waals surface area contributed by atoms with Gasteiger partial charge in [0.2, 0.25) is 0 Å². The Balaban J connectivity index is 2.62. The Kier molecular flexibility index (Phi) is 3.31. The molecule has 0 amide bonds. The minimum Gasteiger partial charge on any atom is -0.469 e. The molecule has 3 heteroatoms. The number of hydrogen-bond acceptors (Lipinski definition) is 3. The zero-order chi connectivity index (χ0) is 9.90. The molecule has 0 spiro atoms. The van der Waals surface area contributed by atoms with Gasteiger partial charge in [-0.1, -0.05) is 12.8 Å². The van der Waals surface area contributed by atoms with E-state index in [1.54, 1.807) is 0 Å². The molecule has 0 aromatic rings. The number of carbonyl (C=O) groups excluding carboxylic acids is 1. The summed E-state index contributed by atoms with van der Waals surface area (Å²) in [4.78, 5) is 11.2. The van der Waals surface area contributed by atoms with Crippen LogP contribution in [-0.4, -0.2) is 19.1 Å². The molecular formula is C10H19NO2. The topological polar surface area (TPSA) is 52.3 Å². The molecule has 1 unspecified atom stereocenters. The van der Waals surface area contributed by atoms with Crippen molar-refractivity contribution >= 4 is 5.97 Å². The first-order chi connectivity index (χ1) is 6.10. The van der Waals surface area contributed by atoms with Crippen molar-refractivity contribution in [1.29, 1.82) is 0 Å². The molecular weight excluding hydrogens is 166 g/mol. The summed E-state index contributed by atoms with van der Waals surface area (Å²) >= 11 is 0. The fourth-order valence-electron chi connectivity index (χ4n) is 2.23. The van der Waals surface area contributed by atoms with E-state index in [-0.39, 0.29) is 17.4 Å². The number of nitrogens with two attached hydrogens (primary N) is 1. The third-order valence-corrected chi connectivity index (χ3v) is 3.29. The summed E-state index contributed by atoms with van der Waals surface area (Å²) in [5.74, 6) is -0.126. The second kappa shape index (κ2) is 4.09. The smallest absolute Gasteiger partial charge is 0.306 e. The van der Waals surface area contributed by atoms with Crippen LogP contribution in [0.4, 0.5) is 0 Å². The zero-order valence-corrected chi connectivity index (χ0v) is 8.51. The predicted octanol–water partition coefficient (Wildman–Crippen LogP) is 1.46. The Morgan fingerprint density at radius 1 is 1.54 bits per heavy atom.